The number of sulfonamides is 1. The fraction of sp³-hybridized carbons (Fsp3) is 0.480. The SMILES string of the molecule is CN1[C@H](C2CCCCC2)CN(c2ccccc2)c2cc(Cl)c(CC[C@@H](N)C(=O)O)cc2S1(=O)=O.Cl. The van der Waals surface area contributed by atoms with Crippen molar-refractivity contribution in [1.82, 2.24) is 4.31 Å². The monoisotopic (exact) mass is 541 g/mol. The van der Waals surface area contributed by atoms with E-state index in [1.807, 2.05) is 30.3 Å². The van der Waals surface area contributed by atoms with Gasteiger partial charge in [0.05, 0.1) is 5.69 Å². The lowest BCUT2D eigenvalue weighted by molar-refractivity contribution is -0.138. The van der Waals surface area contributed by atoms with Crippen molar-refractivity contribution in [2.45, 2.75) is 61.9 Å². The number of benzene rings is 2. The Kier molecular flexibility index (Phi) is 9.10. The topological polar surface area (TPSA) is 104 Å². The molecule has 1 fully saturated rings. The summed E-state index contributed by atoms with van der Waals surface area (Å²) in [6.07, 6.45) is 5.90. The van der Waals surface area contributed by atoms with E-state index in [-0.39, 0.29) is 42.1 Å². The number of aliphatic carboxylic acids is 1. The first-order valence-electron chi connectivity index (χ1n) is 11.8. The first-order valence-corrected chi connectivity index (χ1v) is 13.6. The second kappa shape index (κ2) is 11.5. The highest BCUT2D eigenvalue weighted by Crippen LogP contribution is 2.42. The zero-order valence-electron chi connectivity index (χ0n) is 19.8. The largest absolute Gasteiger partial charge is 0.480 e. The number of likely N-dealkylation sites (N-methyl/N-ethyl adjacent to an activating group) is 1. The third-order valence-electron chi connectivity index (χ3n) is 7.22. The van der Waals surface area contributed by atoms with Crippen molar-refractivity contribution in [2.24, 2.45) is 11.7 Å². The number of fused-ring (bicyclic) bond motifs is 1. The van der Waals surface area contributed by atoms with Crippen molar-refractivity contribution >= 4 is 51.4 Å². The number of carbonyl (C=O) groups is 1. The van der Waals surface area contributed by atoms with Gasteiger partial charge in [-0.15, -0.1) is 12.4 Å². The molecule has 1 aliphatic carbocycles. The van der Waals surface area contributed by atoms with Crippen LogP contribution in [0.3, 0.4) is 0 Å². The molecule has 1 aliphatic heterocycles. The highest BCUT2D eigenvalue weighted by molar-refractivity contribution is 7.89. The molecule has 4 rings (SSSR count). The molecule has 0 saturated heterocycles. The predicted octanol–water partition coefficient (Wildman–Crippen LogP) is 4.83. The molecule has 3 N–H and O–H groups in total. The van der Waals surface area contributed by atoms with Gasteiger partial charge in [0.1, 0.15) is 10.9 Å². The zero-order valence-corrected chi connectivity index (χ0v) is 22.2. The van der Waals surface area contributed by atoms with Gasteiger partial charge in [-0.1, -0.05) is 49.1 Å². The summed E-state index contributed by atoms with van der Waals surface area (Å²) < 4.78 is 29.3. The lowest BCUT2D eigenvalue weighted by atomic mass is 9.83. The maximum atomic E-state index is 13.9. The summed E-state index contributed by atoms with van der Waals surface area (Å²) in [5, 5.41) is 9.53. The summed E-state index contributed by atoms with van der Waals surface area (Å²) in [7, 11) is -2.12. The summed E-state index contributed by atoms with van der Waals surface area (Å²) in [4.78, 5) is 13.4. The Morgan fingerprint density at radius 1 is 1.17 bits per heavy atom. The van der Waals surface area contributed by atoms with Crippen molar-refractivity contribution in [3.05, 3.63) is 53.1 Å². The number of para-hydroxylation sites is 1. The minimum absolute atomic E-state index is 0. The second-order valence-corrected chi connectivity index (χ2v) is 11.7. The minimum atomic E-state index is -3.81. The lowest BCUT2D eigenvalue weighted by Crippen LogP contribution is -2.46. The van der Waals surface area contributed by atoms with Gasteiger partial charge in [0.15, 0.2) is 0 Å². The van der Waals surface area contributed by atoms with Crippen molar-refractivity contribution in [1.29, 1.82) is 0 Å². The lowest BCUT2D eigenvalue weighted by Gasteiger charge is -2.36. The van der Waals surface area contributed by atoms with Crippen LogP contribution in [0.1, 0.15) is 44.1 Å². The number of nitrogens with zero attached hydrogens (tertiary/aromatic N) is 2. The van der Waals surface area contributed by atoms with Crippen molar-refractivity contribution in [2.75, 3.05) is 18.5 Å². The van der Waals surface area contributed by atoms with Crippen molar-refractivity contribution in [3.63, 3.8) is 0 Å². The van der Waals surface area contributed by atoms with Gasteiger partial charge in [-0.05, 0) is 61.4 Å². The normalized spacial score (nSPS) is 21.5. The van der Waals surface area contributed by atoms with Gasteiger partial charge in [-0.3, -0.25) is 4.79 Å². The van der Waals surface area contributed by atoms with Crippen molar-refractivity contribution < 1.29 is 18.3 Å². The van der Waals surface area contributed by atoms with E-state index >= 15 is 0 Å². The molecule has 1 saturated carbocycles. The summed E-state index contributed by atoms with van der Waals surface area (Å²) in [5.74, 6) is -0.804. The highest BCUT2D eigenvalue weighted by Gasteiger charge is 2.41. The number of rotatable bonds is 6. The second-order valence-electron chi connectivity index (χ2n) is 9.33. The number of carboxylic acids is 1. The molecule has 0 unspecified atom stereocenters. The molecular weight excluding hydrogens is 509 g/mol. The maximum absolute atomic E-state index is 13.9. The Bertz CT molecular complexity index is 1140. The number of nitrogens with two attached hydrogens (primary N) is 1. The minimum Gasteiger partial charge on any atom is -0.480 e. The number of halogens is 2. The number of anilines is 2. The van der Waals surface area contributed by atoms with Gasteiger partial charge < -0.3 is 15.7 Å². The van der Waals surface area contributed by atoms with Crippen LogP contribution in [0.15, 0.2) is 47.4 Å². The molecule has 2 aromatic rings. The van der Waals surface area contributed by atoms with E-state index in [0.29, 0.717) is 22.8 Å². The van der Waals surface area contributed by atoms with Gasteiger partial charge in [-0.25, -0.2) is 8.42 Å². The van der Waals surface area contributed by atoms with Crippen LogP contribution < -0.4 is 10.6 Å². The van der Waals surface area contributed by atoms with E-state index in [4.69, 9.17) is 22.4 Å². The molecule has 35 heavy (non-hydrogen) atoms. The Morgan fingerprint density at radius 2 is 1.83 bits per heavy atom. The Morgan fingerprint density at radius 3 is 2.46 bits per heavy atom. The molecule has 1 heterocycles. The standard InChI is InChI=1S/C25H32ClN3O4S.ClH/c1-28-23(17-8-4-2-5-9-17)16-29(19-10-6-3-7-11-19)22-15-20(26)18(12-13-21(27)25(30)31)14-24(22)34(28,32)33;/h3,6-7,10-11,14-15,17,21,23H,2,4-5,8-9,12-13,16,27H2,1H3,(H,30,31);1H/t21-,23+;/m1./s1. The van der Waals surface area contributed by atoms with Crippen LogP contribution in [0.4, 0.5) is 11.4 Å². The molecule has 10 heteroatoms. The van der Waals surface area contributed by atoms with Crippen LogP contribution >= 0.6 is 24.0 Å². The Hall–Kier alpha value is -1.84. The molecule has 2 atom stereocenters. The Labute approximate surface area is 218 Å². The Balaban J connectivity index is 0.00000342. The average molecular weight is 543 g/mol. The fourth-order valence-electron chi connectivity index (χ4n) is 5.18. The third-order valence-corrected chi connectivity index (χ3v) is 9.48. The predicted molar refractivity (Wildman–Crippen MR) is 141 cm³/mol. The number of carboxylic acid groups (broad SMARTS) is 1. The molecular formula is C25H33Cl2N3O4S. The first kappa shape index (κ1) is 27.7. The summed E-state index contributed by atoms with van der Waals surface area (Å²) in [6, 6.07) is 11.9. The molecule has 0 amide bonds. The van der Waals surface area contributed by atoms with E-state index in [1.165, 1.54) is 6.42 Å². The summed E-state index contributed by atoms with van der Waals surface area (Å²) >= 11 is 6.62. The molecule has 0 spiro atoms. The van der Waals surface area contributed by atoms with Gasteiger partial charge in [-0.2, -0.15) is 4.31 Å². The molecule has 7 nitrogen and oxygen atoms in total. The number of hydrogen-bond acceptors (Lipinski definition) is 5. The summed E-state index contributed by atoms with van der Waals surface area (Å²) in [6.45, 7) is 0.539. The first-order chi connectivity index (χ1) is 16.2. The van der Waals surface area contributed by atoms with E-state index in [1.54, 1.807) is 23.5 Å². The van der Waals surface area contributed by atoms with E-state index in [9.17, 15) is 13.2 Å². The van der Waals surface area contributed by atoms with Crippen LogP contribution in [0, 0.1) is 5.92 Å². The number of aryl methyl sites for hydroxylation is 1. The highest BCUT2D eigenvalue weighted by atomic mass is 35.5. The van der Waals surface area contributed by atoms with Gasteiger partial charge in [0, 0.05) is 30.3 Å². The van der Waals surface area contributed by atoms with Gasteiger partial charge >= 0.3 is 5.97 Å². The van der Waals surface area contributed by atoms with Crippen LogP contribution in [0.25, 0.3) is 0 Å². The molecule has 0 aromatic heterocycles. The van der Waals surface area contributed by atoms with E-state index < -0.39 is 22.0 Å². The van der Waals surface area contributed by atoms with Crippen LogP contribution in [0.2, 0.25) is 5.02 Å². The van der Waals surface area contributed by atoms with Gasteiger partial charge in [0.25, 0.3) is 0 Å². The maximum Gasteiger partial charge on any atom is 0.320 e. The number of hydrogen-bond donors (Lipinski definition) is 2. The van der Waals surface area contributed by atoms with Crippen LogP contribution in [-0.2, 0) is 21.2 Å². The van der Waals surface area contributed by atoms with Crippen LogP contribution in [-0.4, -0.2) is 49.5 Å². The average Bonchev–Trinajstić information content (AvgIpc) is 2.91. The van der Waals surface area contributed by atoms with E-state index in [0.717, 1.165) is 31.4 Å². The molecule has 192 valence electrons. The fourth-order valence-corrected chi connectivity index (χ4v) is 7.06. The van der Waals surface area contributed by atoms with Crippen LogP contribution in [0.5, 0.6) is 0 Å². The summed E-state index contributed by atoms with van der Waals surface area (Å²) in [5.41, 5.74) is 7.71. The third kappa shape index (κ3) is 5.78. The zero-order chi connectivity index (χ0) is 24.5. The quantitative estimate of drug-likeness (QED) is 0.542. The molecule has 0 bridgehead atoms. The smallest absolute Gasteiger partial charge is 0.320 e. The van der Waals surface area contributed by atoms with E-state index in [2.05, 4.69) is 4.90 Å². The molecule has 0 radical (unpaired) electrons. The molecule has 2 aliphatic rings. The van der Waals surface area contributed by atoms with Gasteiger partial charge in [0.2, 0.25) is 10.0 Å². The van der Waals surface area contributed by atoms with Crippen molar-refractivity contribution in [3.8, 4) is 0 Å². The molecule has 2 aromatic carbocycles.